The Bertz CT molecular complexity index is 962. The van der Waals surface area contributed by atoms with Crippen LogP contribution in [0.3, 0.4) is 0 Å². The van der Waals surface area contributed by atoms with Crippen LogP contribution in [0.5, 0.6) is 11.5 Å². The monoisotopic (exact) mass is 378 g/mol. The van der Waals surface area contributed by atoms with Crippen molar-refractivity contribution in [2.75, 3.05) is 20.8 Å². The topological polar surface area (TPSA) is 54.6 Å². The molecule has 1 N–H and O–H groups in total. The molecule has 0 aliphatic carbocycles. The Morgan fingerprint density at radius 2 is 1.71 bits per heavy atom. The molecule has 3 aromatic rings. The second-order valence-electron chi connectivity index (χ2n) is 7.27. The summed E-state index contributed by atoms with van der Waals surface area (Å²) in [5.41, 5.74) is 2.70. The smallest absolute Gasteiger partial charge is 0.270 e. The Morgan fingerprint density at radius 1 is 0.964 bits per heavy atom. The van der Waals surface area contributed by atoms with E-state index < -0.39 is 0 Å². The fourth-order valence-corrected chi connectivity index (χ4v) is 4.03. The third-order valence-electron chi connectivity index (χ3n) is 5.57. The molecule has 2 aromatic carbocycles. The molecule has 0 saturated carbocycles. The van der Waals surface area contributed by atoms with Crippen molar-refractivity contribution < 1.29 is 14.3 Å². The van der Waals surface area contributed by atoms with Crippen molar-refractivity contribution >= 4 is 16.8 Å². The minimum absolute atomic E-state index is 0.0536. The summed E-state index contributed by atoms with van der Waals surface area (Å²) >= 11 is 0. The van der Waals surface area contributed by atoms with Crippen LogP contribution >= 0.6 is 0 Å². The number of nitrogens with zero attached hydrogens (tertiary/aromatic N) is 1. The zero-order valence-electron chi connectivity index (χ0n) is 16.4. The van der Waals surface area contributed by atoms with E-state index in [0.29, 0.717) is 5.69 Å². The van der Waals surface area contributed by atoms with E-state index in [1.807, 2.05) is 41.3 Å². The number of carbonyl (C=O) groups is 1. The molecule has 4 rings (SSSR count). The number of H-pyrrole nitrogens is 1. The third kappa shape index (κ3) is 3.57. The van der Waals surface area contributed by atoms with Gasteiger partial charge in [0.05, 0.1) is 20.3 Å². The first kappa shape index (κ1) is 18.4. The van der Waals surface area contributed by atoms with Crippen molar-refractivity contribution in [2.45, 2.75) is 31.7 Å². The predicted molar refractivity (Wildman–Crippen MR) is 110 cm³/mol. The van der Waals surface area contributed by atoms with E-state index in [2.05, 4.69) is 17.1 Å². The van der Waals surface area contributed by atoms with Gasteiger partial charge < -0.3 is 19.4 Å². The normalized spacial score (nSPS) is 17.4. The van der Waals surface area contributed by atoms with Crippen molar-refractivity contribution in [3.8, 4) is 11.5 Å². The summed E-state index contributed by atoms with van der Waals surface area (Å²) in [6.45, 7) is 0.772. The molecule has 146 valence electrons. The summed E-state index contributed by atoms with van der Waals surface area (Å²) in [7, 11) is 3.31. The van der Waals surface area contributed by atoms with Crippen LogP contribution < -0.4 is 9.47 Å². The molecule has 2 heterocycles. The third-order valence-corrected chi connectivity index (χ3v) is 5.57. The molecule has 1 aromatic heterocycles. The number of rotatable bonds is 4. The van der Waals surface area contributed by atoms with E-state index in [1.54, 1.807) is 14.2 Å². The minimum Gasteiger partial charge on any atom is -0.497 e. The number of benzene rings is 2. The fraction of sp³-hybridized carbons (Fsp3) is 0.348. The van der Waals surface area contributed by atoms with Crippen molar-refractivity contribution in [1.29, 1.82) is 0 Å². The van der Waals surface area contributed by atoms with Crippen LogP contribution in [0.4, 0.5) is 0 Å². The van der Waals surface area contributed by atoms with Gasteiger partial charge in [0.1, 0.15) is 17.2 Å². The first-order chi connectivity index (χ1) is 13.7. The van der Waals surface area contributed by atoms with Crippen molar-refractivity contribution in [3.63, 3.8) is 0 Å². The largest absolute Gasteiger partial charge is 0.497 e. The van der Waals surface area contributed by atoms with Gasteiger partial charge in [0, 0.05) is 23.5 Å². The van der Waals surface area contributed by atoms with E-state index in [-0.39, 0.29) is 11.9 Å². The standard InChI is InChI=1S/C23H26N2O3/c1-27-18-10-7-16(8-11-18)22-6-4-3-5-13-25(22)23(26)21-14-17-9-12-19(28-2)15-20(17)24-21/h7-12,14-15,22,24H,3-6,13H2,1-2H3. The number of methoxy groups -OCH3 is 2. The number of aromatic nitrogens is 1. The molecule has 1 saturated heterocycles. The zero-order valence-corrected chi connectivity index (χ0v) is 16.4. The van der Waals surface area contributed by atoms with Crippen molar-refractivity contribution in [2.24, 2.45) is 0 Å². The van der Waals surface area contributed by atoms with Gasteiger partial charge in [0.15, 0.2) is 0 Å². The molecule has 1 unspecified atom stereocenters. The highest BCUT2D eigenvalue weighted by molar-refractivity contribution is 5.98. The highest BCUT2D eigenvalue weighted by Crippen LogP contribution is 2.33. The molecular weight excluding hydrogens is 352 g/mol. The SMILES string of the molecule is COc1ccc(C2CCCCCN2C(=O)c2cc3ccc(OC)cc3[nH]2)cc1. The highest BCUT2D eigenvalue weighted by Gasteiger charge is 2.28. The molecule has 1 atom stereocenters. The number of carbonyl (C=O) groups excluding carboxylic acids is 1. The Balaban J connectivity index is 1.66. The van der Waals surface area contributed by atoms with E-state index in [0.717, 1.165) is 60.2 Å². The molecule has 1 amide bonds. The lowest BCUT2D eigenvalue weighted by atomic mass is 10.0. The Labute approximate surface area is 165 Å². The summed E-state index contributed by atoms with van der Waals surface area (Å²) < 4.78 is 10.6. The molecule has 0 spiro atoms. The van der Waals surface area contributed by atoms with Crippen LogP contribution in [0.2, 0.25) is 0 Å². The Hall–Kier alpha value is -2.95. The van der Waals surface area contributed by atoms with Gasteiger partial charge in [-0.05, 0) is 48.7 Å². The van der Waals surface area contributed by atoms with E-state index in [4.69, 9.17) is 9.47 Å². The second kappa shape index (κ2) is 7.97. The number of nitrogens with one attached hydrogen (secondary N) is 1. The lowest BCUT2D eigenvalue weighted by molar-refractivity contribution is 0.0676. The first-order valence-electron chi connectivity index (χ1n) is 9.81. The van der Waals surface area contributed by atoms with E-state index >= 15 is 0 Å². The van der Waals surface area contributed by atoms with Crippen molar-refractivity contribution in [3.05, 3.63) is 59.8 Å². The van der Waals surface area contributed by atoms with Crippen LogP contribution in [0.15, 0.2) is 48.5 Å². The quantitative estimate of drug-likeness (QED) is 0.699. The van der Waals surface area contributed by atoms with Crippen LogP contribution in [-0.2, 0) is 0 Å². The van der Waals surface area contributed by atoms with Gasteiger partial charge in [-0.2, -0.15) is 0 Å². The molecule has 0 bridgehead atoms. The number of hydrogen-bond acceptors (Lipinski definition) is 3. The van der Waals surface area contributed by atoms with E-state index in [9.17, 15) is 4.79 Å². The fourth-order valence-electron chi connectivity index (χ4n) is 4.03. The number of ether oxygens (including phenoxy) is 2. The van der Waals surface area contributed by atoms with Crippen LogP contribution in [-0.4, -0.2) is 36.6 Å². The first-order valence-corrected chi connectivity index (χ1v) is 9.81. The molecule has 5 nitrogen and oxygen atoms in total. The zero-order chi connectivity index (χ0) is 19.5. The van der Waals surface area contributed by atoms with Crippen LogP contribution in [0.1, 0.15) is 47.8 Å². The number of likely N-dealkylation sites (tertiary alicyclic amines) is 1. The molecule has 1 aliphatic heterocycles. The summed E-state index contributed by atoms with van der Waals surface area (Å²) in [6, 6.07) is 15.9. The number of fused-ring (bicyclic) bond motifs is 1. The average Bonchev–Trinajstić information content (AvgIpc) is 3.01. The maximum absolute atomic E-state index is 13.4. The van der Waals surface area contributed by atoms with Gasteiger partial charge in [-0.1, -0.05) is 25.0 Å². The minimum atomic E-state index is 0.0536. The molecule has 28 heavy (non-hydrogen) atoms. The molecule has 5 heteroatoms. The second-order valence-corrected chi connectivity index (χ2v) is 7.27. The summed E-state index contributed by atoms with van der Waals surface area (Å²) in [4.78, 5) is 18.7. The molecular formula is C23H26N2O3. The lowest BCUT2D eigenvalue weighted by Gasteiger charge is -2.30. The Kier molecular flexibility index (Phi) is 5.24. The van der Waals surface area contributed by atoms with Crippen LogP contribution in [0, 0.1) is 0 Å². The molecule has 1 aliphatic rings. The van der Waals surface area contributed by atoms with Gasteiger partial charge in [0.2, 0.25) is 0 Å². The van der Waals surface area contributed by atoms with Gasteiger partial charge in [0.25, 0.3) is 5.91 Å². The number of aromatic amines is 1. The Morgan fingerprint density at radius 3 is 2.46 bits per heavy atom. The maximum Gasteiger partial charge on any atom is 0.270 e. The maximum atomic E-state index is 13.4. The number of amides is 1. The van der Waals surface area contributed by atoms with Gasteiger partial charge in [-0.15, -0.1) is 0 Å². The lowest BCUT2D eigenvalue weighted by Crippen LogP contribution is -2.35. The number of hydrogen-bond donors (Lipinski definition) is 1. The van der Waals surface area contributed by atoms with Crippen LogP contribution in [0.25, 0.3) is 10.9 Å². The summed E-state index contributed by atoms with van der Waals surface area (Å²) in [5.74, 6) is 1.66. The highest BCUT2D eigenvalue weighted by atomic mass is 16.5. The van der Waals surface area contributed by atoms with E-state index in [1.165, 1.54) is 0 Å². The van der Waals surface area contributed by atoms with Gasteiger partial charge in [-0.3, -0.25) is 4.79 Å². The molecule has 0 radical (unpaired) electrons. The predicted octanol–water partition coefficient (Wildman–Crippen LogP) is 4.94. The van der Waals surface area contributed by atoms with Gasteiger partial charge >= 0.3 is 0 Å². The average molecular weight is 378 g/mol. The molecule has 1 fully saturated rings. The van der Waals surface area contributed by atoms with Crippen molar-refractivity contribution in [1.82, 2.24) is 9.88 Å². The van der Waals surface area contributed by atoms with Gasteiger partial charge in [-0.25, -0.2) is 0 Å². The summed E-state index contributed by atoms with van der Waals surface area (Å²) in [5, 5.41) is 1.01. The summed E-state index contributed by atoms with van der Waals surface area (Å²) in [6.07, 6.45) is 4.29.